The van der Waals surface area contributed by atoms with Gasteiger partial charge in [0.05, 0.1) is 6.10 Å². The molecule has 0 spiro atoms. The topological polar surface area (TPSA) is 54.4 Å². The summed E-state index contributed by atoms with van der Waals surface area (Å²) in [5.41, 5.74) is 0.793. The van der Waals surface area contributed by atoms with Crippen molar-refractivity contribution in [2.45, 2.75) is 58.0 Å². The first-order valence-corrected chi connectivity index (χ1v) is 8.53. The van der Waals surface area contributed by atoms with E-state index in [9.17, 15) is 14.7 Å². The van der Waals surface area contributed by atoms with E-state index in [1.807, 2.05) is 24.3 Å². The molecule has 0 heterocycles. The van der Waals surface area contributed by atoms with Crippen molar-refractivity contribution >= 4 is 12.1 Å². The lowest BCUT2D eigenvalue weighted by molar-refractivity contribution is -0.111. The standard InChI is InChI=1S/C20H28O3/c1-2-3-7-11-18(22)13-14-19-17(12-15-20(19)23)10-8-5-4-6-9-16-21/h3,5,7-8,12,14-18,22H,2,4,6,9-11,13H2,1H3. The molecule has 1 rings (SSSR count). The summed E-state index contributed by atoms with van der Waals surface area (Å²) < 4.78 is 0. The van der Waals surface area contributed by atoms with Crippen LogP contribution in [0.25, 0.3) is 0 Å². The van der Waals surface area contributed by atoms with Crippen LogP contribution in [0.1, 0.15) is 51.9 Å². The van der Waals surface area contributed by atoms with Crippen LogP contribution in [-0.2, 0) is 9.59 Å². The van der Waals surface area contributed by atoms with Crippen LogP contribution in [0.15, 0.2) is 48.1 Å². The van der Waals surface area contributed by atoms with Crippen molar-refractivity contribution in [1.29, 1.82) is 0 Å². The van der Waals surface area contributed by atoms with Gasteiger partial charge in [-0.3, -0.25) is 4.79 Å². The lowest BCUT2D eigenvalue weighted by Gasteiger charge is -2.10. The molecule has 3 nitrogen and oxygen atoms in total. The smallest absolute Gasteiger partial charge is 0.181 e. The molecule has 0 saturated heterocycles. The largest absolute Gasteiger partial charge is 0.392 e. The van der Waals surface area contributed by atoms with Crippen LogP contribution in [0.2, 0.25) is 0 Å². The molecule has 2 atom stereocenters. The maximum Gasteiger partial charge on any atom is 0.181 e. The number of ketones is 1. The third-order valence-corrected chi connectivity index (χ3v) is 3.83. The summed E-state index contributed by atoms with van der Waals surface area (Å²) in [5.74, 6) is 0.170. The number of aliphatic hydroxyl groups is 1. The van der Waals surface area contributed by atoms with Crippen LogP contribution in [-0.4, -0.2) is 23.3 Å². The summed E-state index contributed by atoms with van der Waals surface area (Å²) in [4.78, 5) is 22.2. The van der Waals surface area contributed by atoms with E-state index in [2.05, 4.69) is 19.1 Å². The Balaban J connectivity index is 2.45. The number of aldehydes is 1. The molecular formula is C20H28O3. The molecule has 0 fully saturated rings. The van der Waals surface area contributed by atoms with E-state index in [-0.39, 0.29) is 11.7 Å². The van der Waals surface area contributed by atoms with Crippen LogP contribution in [0.4, 0.5) is 0 Å². The second-order valence-electron chi connectivity index (χ2n) is 5.80. The Labute approximate surface area is 139 Å². The molecule has 0 aliphatic heterocycles. The highest BCUT2D eigenvalue weighted by molar-refractivity contribution is 6.07. The Hall–Kier alpha value is -1.74. The molecule has 0 amide bonds. The van der Waals surface area contributed by atoms with Gasteiger partial charge in [-0.15, -0.1) is 0 Å². The highest BCUT2D eigenvalue weighted by atomic mass is 16.3. The Morgan fingerprint density at radius 1 is 1.17 bits per heavy atom. The Bertz CT molecular complexity index is 483. The van der Waals surface area contributed by atoms with Gasteiger partial charge in [0.15, 0.2) is 5.78 Å². The fraction of sp³-hybridized carbons (Fsp3) is 0.500. The normalized spacial score (nSPS) is 21.0. The molecule has 0 aromatic carbocycles. The first-order chi connectivity index (χ1) is 11.2. The zero-order valence-corrected chi connectivity index (χ0v) is 14.0. The molecule has 0 saturated carbocycles. The van der Waals surface area contributed by atoms with Crippen LogP contribution in [0, 0.1) is 5.92 Å². The van der Waals surface area contributed by atoms with Gasteiger partial charge in [-0.1, -0.05) is 43.4 Å². The van der Waals surface area contributed by atoms with Crippen molar-refractivity contribution in [3.8, 4) is 0 Å². The van der Waals surface area contributed by atoms with E-state index < -0.39 is 6.10 Å². The number of aliphatic hydroxyl groups excluding tert-OH is 1. The van der Waals surface area contributed by atoms with Crippen LogP contribution >= 0.6 is 0 Å². The molecule has 1 aliphatic carbocycles. The number of hydrogen-bond acceptors (Lipinski definition) is 3. The molecule has 126 valence electrons. The molecule has 3 heteroatoms. The number of carbonyl (C=O) groups excluding carboxylic acids is 2. The number of carbonyl (C=O) groups is 2. The van der Waals surface area contributed by atoms with Crippen molar-refractivity contribution in [3.63, 3.8) is 0 Å². The highest BCUT2D eigenvalue weighted by Gasteiger charge is 2.21. The Morgan fingerprint density at radius 2 is 2.00 bits per heavy atom. The van der Waals surface area contributed by atoms with Gasteiger partial charge in [0.25, 0.3) is 0 Å². The Kier molecular flexibility index (Phi) is 9.89. The van der Waals surface area contributed by atoms with Crippen molar-refractivity contribution in [2.75, 3.05) is 0 Å². The average Bonchev–Trinajstić information content (AvgIpc) is 2.89. The summed E-state index contributed by atoms with van der Waals surface area (Å²) in [7, 11) is 0. The number of unbranched alkanes of at least 4 members (excludes halogenated alkanes) is 2. The summed E-state index contributed by atoms with van der Waals surface area (Å²) in [6.07, 6.45) is 19.4. The minimum Gasteiger partial charge on any atom is -0.392 e. The summed E-state index contributed by atoms with van der Waals surface area (Å²) in [6.45, 7) is 2.06. The van der Waals surface area contributed by atoms with Crippen LogP contribution in [0.3, 0.4) is 0 Å². The van der Waals surface area contributed by atoms with Gasteiger partial charge in [0.1, 0.15) is 6.29 Å². The lowest BCUT2D eigenvalue weighted by Crippen LogP contribution is -2.07. The van der Waals surface area contributed by atoms with Gasteiger partial charge in [-0.05, 0) is 44.6 Å². The van der Waals surface area contributed by atoms with E-state index in [1.165, 1.54) is 0 Å². The Morgan fingerprint density at radius 3 is 2.74 bits per heavy atom. The fourth-order valence-electron chi connectivity index (χ4n) is 2.50. The quantitative estimate of drug-likeness (QED) is 0.270. The lowest BCUT2D eigenvalue weighted by atomic mass is 9.96. The highest BCUT2D eigenvalue weighted by Crippen LogP contribution is 2.26. The first-order valence-electron chi connectivity index (χ1n) is 8.53. The van der Waals surface area contributed by atoms with Gasteiger partial charge >= 0.3 is 0 Å². The zero-order chi connectivity index (χ0) is 16.9. The monoisotopic (exact) mass is 316 g/mol. The number of hydrogen-bond donors (Lipinski definition) is 1. The van der Waals surface area contributed by atoms with E-state index in [1.54, 1.807) is 6.08 Å². The fourth-order valence-corrected chi connectivity index (χ4v) is 2.50. The zero-order valence-electron chi connectivity index (χ0n) is 14.0. The molecule has 23 heavy (non-hydrogen) atoms. The SMILES string of the molecule is CCC=CCC(O)CC=C1C(=O)C=CC1CC=CCCCC=O. The van der Waals surface area contributed by atoms with Gasteiger partial charge < -0.3 is 9.90 Å². The second kappa shape index (κ2) is 11.8. The molecule has 1 aliphatic rings. The van der Waals surface area contributed by atoms with E-state index in [0.29, 0.717) is 19.3 Å². The number of allylic oxidation sites excluding steroid dienone is 6. The summed E-state index contributed by atoms with van der Waals surface area (Å²) >= 11 is 0. The molecule has 0 aromatic rings. The number of rotatable bonds is 11. The molecule has 0 radical (unpaired) electrons. The van der Waals surface area contributed by atoms with E-state index in [4.69, 9.17) is 0 Å². The average molecular weight is 316 g/mol. The third kappa shape index (κ3) is 7.89. The first kappa shape index (κ1) is 19.3. The van der Waals surface area contributed by atoms with Crippen LogP contribution in [0.5, 0.6) is 0 Å². The second-order valence-corrected chi connectivity index (χ2v) is 5.80. The van der Waals surface area contributed by atoms with Crippen LogP contribution < -0.4 is 0 Å². The van der Waals surface area contributed by atoms with Crippen molar-refractivity contribution in [1.82, 2.24) is 0 Å². The van der Waals surface area contributed by atoms with Crippen molar-refractivity contribution < 1.29 is 14.7 Å². The predicted molar refractivity (Wildman–Crippen MR) is 94.1 cm³/mol. The summed E-state index contributed by atoms with van der Waals surface area (Å²) in [5, 5.41) is 9.94. The molecular weight excluding hydrogens is 288 g/mol. The van der Waals surface area contributed by atoms with Gasteiger partial charge in [-0.25, -0.2) is 0 Å². The van der Waals surface area contributed by atoms with E-state index >= 15 is 0 Å². The van der Waals surface area contributed by atoms with Crippen molar-refractivity contribution in [2.24, 2.45) is 5.92 Å². The maximum atomic E-state index is 11.9. The predicted octanol–water partition coefficient (Wildman–Crippen LogP) is 4.09. The van der Waals surface area contributed by atoms with E-state index in [0.717, 1.165) is 37.5 Å². The van der Waals surface area contributed by atoms with Crippen molar-refractivity contribution in [3.05, 3.63) is 48.1 Å². The van der Waals surface area contributed by atoms with Gasteiger partial charge in [0, 0.05) is 17.9 Å². The maximum absolute atomic E-state index is 11.9. The molecule has 0 aromatic heterocycles. The third-order valence-electron chi connectivity index (χ3n) is 3.83. The van der Waals surface area contributed by atoms with Gasteiger partial charge in [0.2, 0.25) is 0 Å². The van der Waals surface area contributed by atoms with Gasteiger partial charge in [-0.2, -0.15) is 0 Å². The molecule has 1 N–H and O–H groups in total. The summed E-state index contributed by atoms with van der Waals surface area (Å²) in [6, 6.07) is 0. The minimum atomic E-state index is -0.432. The minimum absolute atomic E-state index is 0.0562. The molecule has 2 unspecified atom stereocenters. The molecule has 0 bridgehead atoms.